The summed E-state index contributed by atoms with van der Waals surface area (Å²) in [4.78, 5) is 10.1. The van der Waals surface area contributed by atoms with Crippen LogP contribution in [0.5, 0.6) is 5.75 Å². The van der Waals surface area contributed by atoms with Gasteiger partial charge in [0.05, 0.1) is 16.6 Å². The van der Waals surface area contributed by atoms with E-state index in [0.717, 1.165) is 55.8 Å². The second-order valence-corrected chi connectivity index (χ2v) is 12.5. The SMILES string of the molecule is Cc1ccc(-c2ccnc(-c3[c-]c(-c4cc(C(C)c5ccccc5)cc5c4nc(-c4ccccc4O)n5-c4ccccc4)ccc3)c2)cc1.[Pt]. The topological polar surface area (TPSA) is 50.9 Å². The van der Waals surface area contributed by atoms with Crippen molar-refractivity contribution in [3.05, 3.63) is 181 Å². The first-order valence-electron chi connectivity index (χ1n) is 16.5. The third-order valence-electron chi connectivity index (χ3n) is 9.25. The number of rotatable bonds is 7. The van der Waals surface area contributed by atoms with Gasteiger partial charge >= 0.3 is 0 Å². The van der Waals surface area contributed by atoms with E-state index < -0.39 is 0 Å². The summed E-state index contributed by atoms with van der Waals surface area (Å²) in [6.45, 7) is 4.34. The average molecular weight is 828 g/mol. The predicted octanol–water partition coefficient (Wildman–Crippen LogP) is 11.1. The zero-order chi connectivity index (χ0) is 33.3. The van der Waals surface area contributed by atoms with E-state index in [1.807, 2.05) is 48.7 Å². The van der Waals surface area contributed by atoms with Gasteiger partial charge in [0.1, 0.15) is 11.6 Å². The van der Waals surface area contributed by atoms with Crippen molar-refractivity contribution < 1.29 is 26.2 Å². The number of benzene rings is 6. The van der Waals surface area contributed by atoms with Gasteiger partial charge in [0, 0.05) is 44.6 Å². The Morgan fingerprint density at radius 3 is 2.10 bits per heavy atom. The Morgan fingerprint density at radius 2 is 1.34 bits per heavy atom. The van der Waals surface area contributed by atoms with Gasteiger partial charge in [-0.3, -0.25) is 9.55 Å². The number of imidazole rings is 1. The minimum absolute atomic E-state index is 0. The Bertz CT molecular complexity index is 2420. The fourth-order valence-corrected chi connectivity index (χ4v) is 6.55. The molecule has 1 N–H and O–H groups in total. The van der Waals surface area contributed by atoms with Gasteiger partial charge in [0.2, 0.25) is 0 Å². The molecular formula is C45H34N3OPt-. The summed E-state index contributed by atoms with van der Waals surface area (Å²) >= 11 is 0. The minimum Gasteiger partial charge on any atom is -0.507 e. The number of aromatic hydroxyl groups is 1. The summed E-state index contributed by atoms with van der Waals surface area (Å²) in [6, 6.07) is 55.4. The van der Waals surface area contributed by atoms with Crippen LogP contribution in [0.2, 0.25) is 0 Å². The maximum atomic E-state index is 11.1. The molecule has 1 unspecified atom stereocenters. The molecular weight excluding hydrogens is 794 g/mol. The number of phenols is 1. The number of hydrogen-bond donors (Lipinski definition) is 1. The molecule has 50 heavy (non-hydrogen) atoms. The smallest absolute Gasteiger partial charge is 0.148 e. The second-order valence-electron chi connectivity index (χ2n) is 12.5. The molecule has 0 aliphatic carbocycles. The Balaban J connectivity index is 0.00000392. The number of hydrogen-bond acceptors (Lipinski definition) is 3. The van der Waals surface area contributed by atoms with E-state index in [1.165, 1.54) is 11.1 Å². The number of para-hydroxylation sites is 2. The van der Waals surface area contributed by atoms with Crippen LogP contribution in [0.15, 0.2) is 158 Å². The van der Waals surface area contributed by atoms with E-state index in [0.29, 0.717) is 11.4 Å². The van der Waals surface area contributed by atoms with Crippen LogP contribution in [0, 0.1) is 13.0 Å². The van der Waals surface area contributed by atoms with E-state index in [9.17, 15) is 5.11 Å². The molecule has 1 atom stereocenters. The molecule has 0 saturated heterocycles. The van der Waals surface area contributed by atoms with Crippen molar-refractivity contribution in [2.24, 2.45) is 0 Å². The van der Waals surface area contributed by atoms with Crippen LogP contribution in [0.3, 0.4) is 0 Å². The molecule has 5 heteroatoms. The van der Waals surface area contributed by atoms with Crippen LogP contribution < -0.4 is 0 Å². The molecule has 6 aromatic carbocycles. The van der Waals surface area contributed by atoms with Gasteiger partial charge in [-0.05, 0) is 65.6 Å². The van der Waals surface area contributed by atoms with Crippen molar-refractivity contribution in [1.82, 2.24) is 14.5 Å². The van der Waals surface area contributed by atoms with Gasteiger partial charge in [-0.2, -0.15) is 0 Å². The van der Waals surface area contributed by atoms with Gasteiger partial charge in [0.25, 0.3) is 0 Å². The van der Waals surface area contributed by atoms with Gasteiger partial charge in [-0.1, -0.05) is 121 Å². The molecule has 4 nitrogen and oxygen atoms in total. The van der Waals surface area contributed by atoms with Crippen molar-refractivity contribution in [3.8, 4) is 56.3 Å². The van der Waals surface area contributed by atoms with Crippen molar-refractivity contribution in [2.45, 2.75) is 19.8 Å². The first-order chi connectivity index (χ1) is 24.0. The van der Waals surface area contributed by atoms with Crippen molar-refractivity contribution >= 4 is 11.0 Å². The van der Waals surface area contributed by atoms with Crippen molar-refractivity contribution in [1.29, 1.82) is 0 Å². The average Bonchev–Trinajstić information content (AvgIpc) is 3.55. The molecule has 0 saturated carbocycles. The van der Waals surface area contributed by atoms with E-state index in [2.05, 4.69) is 128 Å². The monoisotopic (exact) mass is 827 g/mol. The zero-order valence-corrected chi connectivity index (χ0v) is 30.0. The Morgan fingerprint density at radius 1 is 0.640 bits per heavy atom. The van der Waals surface area contributed by atoms with E-state index in [4.69, 9.17) is 9.97 Å². The van der Waals surface area contributed by atoms with Crippen LogP contribution in [0.25, 0.3) is 61.6 Å². The van der Waals surface area contributed by atoms with E-state index >= 15 is 0 Å². The van der Waals surface area contributed by atoms with Crippen LogP contribution in [-0.2, 0) is 21.1 Å². The number of phenolic OH excluding ortho intramolecular Hbond substituents is 1. The summed E-state index contributed by atoms with van der Waals surface area (Å²) in [5, 5.41) is 11.1. The fraction of sp³-hybridized carbons (Fsp3) is 0.0667. The Hall–Kier alpha value is -5.57. The molecule has 2 aromatic heterocycles. The molecule has 0 fully saturated rings. The second kappa shape index (κ2) is 14.1. The van der Waals surface area contributed by atoms with Crippen molar-refractivity contribution in [2.75, 3.05) is 0 Å². The number of aryl methyl sites for hydroxylation is 1. The van der Waals surface area contributed by atoms with Crippen LogP contribution in [0.4, 0.5) is 0 Å². The molecule has 0 bridgehead atoms. The molecule has 0 amide bonds. The zero-order valence-electron chi connectivity index (χ0n) is 27.7. The number of fused-ring (bicyclic) bond motifs is 1. The van der Waals surface area contributed by atoms with Gasteiger partial charge < -0.3 is 5.11 Å². The van der Waals surface area contributed by atoms with Crippen LogP contribution >= 0.6 is 0 Å². The number of nitrogens with zero attached hydrogens (tertiary/aromatic N) is 3. The standard InChI is InChI=1S/C45H34N3O.Pt/c1-30-20-22-33(23-21-30)34-24-25-46-41(28-34)36-15-11-14-35(26-36)40-27-37(31(2)32-12-5-3-6-13-32)29-42-44(40)47-45(39-18-9-10-19-43(39)49)48(42)38-16-7-4-8-17-38;/h3-25,27-29,31,49H,1-2H3;/q-1;. The van der Waals surface area contributed by atoms with Crippen LogP contribution in [0.1, 0.15) is 29.5 Å². The van der Waals surface area contributed by atoms with E-state index in [-0.39, 0.29) is 32.7 Å². The van der Waals surface area contributed by atoms with Gasteiger partial charge in [-0.15, -0.1) is 29.8 Å². The third-order valence-corrected chi connectivity index (χ3v) is 9.25. The normalized spacial score (nSPS) is 11.6. The molecule has 8 aromatic rings. The quantitative estimate of drug-likeness (QED) is 0.163. The van der Waals surface area contributed by atoms with Gasteiger partial charge in [-0.25, -0.2) is 4.98 Å². The number of pyridine rings is 1. The maximum Gasteiger partial charge on any atom is 0.148 e. The molecule has 0 aliphatic heterocycles. The van der Waals surface area contributed by atoms with Crippen LogP contribution in [-0.4, -0.2) is 19.6 Å². The van der Waals surface area contributed by atoms with Crippen molar-refractivity contribution in [3.63, 3.8) is 0 Å². The third kappa shape index (κ3) is 6.31. The van der Waals surface area contributed by atoms with E-state index in [1.54, 1.807) is 6.07 Å². The summed E-state index contributed by atoms with van der Waals surface area (Å²) in [6.07, 6.45) is 1.87. The molecule has 2 heterocycles. The molecule has 246 valence electrons. The molecule has 8 rings (SSSR count). The maximum absolute atomic E-state index is 11.1. The summed E-state index contributed by atoms with van der Waals surface area (Å²) < 4.78 is 2.16. The molecule has 0 radical (unpaired) electrons. The first kappa shape index (κ1) is 33.0. The largest absolute Gasteiger partial charge is 0.507 e. The first-order valence-corrected chi connectivity index (χ1v) is 16.5. The Kier molecular flexibility index (Phi) is 9.30. The van der Waals surface area contributed by atoms with Gasteiger partial charge in [0.15, 0.2) is 0 Å². The summed E-state index contributed by atoms with van der Waals surface area (Å²) in [7, 11) is 0. The summed E-state index contributed by atoms with van der Waals surface area (Å²) in [5.41, 5.74) is 13.0. The Labute approximate surface area is 307 Å². The summed E-state index contributed by atoms with van der Waals surface area (Å²) in [5.74, 6) is 0.976. The fourth-order valence-electron chi connectivity index (χ4n) is 6.55. The number of aromatic nitrogens is 3. The predicted molar refractivity (Wildman–Crippen MR) is 200 cm³/mol. The molecule has 0 aliphatic rings. The molecule has 0 spiro atoms. The minimum atomic E-state index is 0.